The van der Waals surface area contributed by atoms with Crippen molar-refractivity contribution in [2.45, 2.75) is 12.5 Å². The molecule has 5 heteroatoms. The van der Waals surface area contributed by atoms with E-state index in [1.165, 1.54) is 24.3 Å². The van der Waals surface area contributed by atoms with Crippen molar-refractivity contribution >= 4 is 11.6 Å². The van der Waals surface area contributed by atoms with Crippen LogP contribution in [0.4, 0.5) is 13.2 Å². The predicted octanol–water partition coefficient (Wildman–Crippen LogP) is 4.42. The van der Waals surface area contributed by atoms with E-state index in [0.717, 1.165) is 12.1 Å². The van der Waals surface area contributed by atoms with Gasteiger partial charge in [0.05, 0.1) is 11.4 Å². The van der Waals surface area contributed by atoms with E-state index in [1.807, 2.05) is 0 Å². The van der Waals surface area contributed by atoms with Crippen LogP contribution in [0.15, 0.2) is 36.4 Å². The van der Waals surface area contributed by atoms with Gasteiger partial charge in [0, 0.05) is 5.56 Å². The number of halogens is 4. The highest BCUT2D eigenvalue weighted by Gasteiger charge is 2.11. The molecule has 0 saturated carbocycles. The van der Waals surface area contributed by atoms with Gasteiger partial charge in [-0.2, -0.15) is 0 Å². The average Bonchev–Trinajstić information content (AvgIpc) is 2.39. The molecule has 0 fully saturated rings. The van der Waals surface area contributed by atoms with Crippen LogP contribution in [0.2, 0.25) is 0 Å². The molecule has 0 spiro atoms. The second-order valence-corrected chi connectivity index (χ2v) is 4.14. The second-order valence-electron chi connectivity index (χ2n) is 3.87. The van der Waals surface area contributed by atoms with Crippen LogP contribution in [-0.4, -0.2) is 0 Å². The first kappa shape index (κ1) is 13.7. The molecule has 0 aliphatic heterocycles. The lowest BCUT2D eigenvalue weighted by atomic mass is 10.2. The first-order valence-electron chi connectivity index (χ1n) is 5.52. The minimum absolute atomic E-state index is 0.0485. The number of alkyl halides is 1. The summed E-state index contributed by atoms with van der Waals surface area (Å²) < 4.78 is 45.1. The minimum Gasteiger partial charge on any atom is -0.488 e. The van der Waals surface area contributed by atoms with E-state index < -0.39 is 17.5 Å². The van der Waals surface area contributed by atoms with Gasteiger partial charge in [-0.15, -0.1) is 11.6 Å². The van der Waals surface area contributed by atoms with Crippen LogP contribution < -0.4 is 4.74 Å². The SMILES string of the molecule is Fc1ccc(OCc2c(F)cccc2F)c(CCl)c1. The Kier molecular flexibility index (Phi) is 4.32. The topological polar surface area (TPSA) is 9.23 Å². The number of ether oxygens (including phenoxy) is 1. The highest BCUT2D eigenvalue weighted by Crippen LogP contribution is 2.23. The van der Waals surface area contributed by atoms with E-state index in [1.54, 1.807) is 0 Å². The van der Waals surface area contributed by atoms with Crippen molar-refractivity contribution in [2.24, 2.45) is 0 Å². The van der Waals surface area contributed by atoms with E-state index in [-0.39, 0.29) is 18.1 Å². The zero-order valence-electron chi connectivity index (χ0n) is 9.80. The van der Waals surface area contributed by atoms with Crippen LogP contribution in [0.1, 0.15) is 11.1 Å². The van der Waals surface area contributed by atoms with E-state index in [2.05, 4.69) is 0 Å². The van der Waals surface area contributed by atoms with Gasteiger partial charge in [0.15, 0.2) is 0 Å². The summed E-state index contributed by atoms with van der Waals surface area (Å²) in [4.78, 5) is 0. The largest absolute Gasteiger partial charge is 0.488 e. The quantitative estimate of drug-likeness (QED) is 0.756. The fourth-order valence-electron chi connectivity index (χ4n) is 1.61. The molecule has 0 radical (unpaired) electrons. The lowest BCUT2D eigenvalue weighted by molar-refractivity contribution is 0.290. The van der Waals surface area contributed by atoms with Crippen molar-refractivity contribution < 1.29 is 17.9 Å². The molecule has 0 bridgehead atoms. The predicted molar refractivity (Wildman–Crippen MR) is 66.6 cm³/mol. The Hall–Kier alpha value is -1.68. The molecule has 0 heterocycles. The second kappa shape index (κ2) is 5.97. The van der Waals surface area contributed by atoms with Crippen LogP contribution in [0.25, 0.3) is 0 Å². The van der Waals surface area contributed by atoms with Crippen molar-refractivity contribution in [3.63, 3.8) is 0 Å². The molecule has 0 saturated heterocycles. The third kappa shape index (κ3) is 3.20. The van der Waals surface area contributed by atoms with Crippen LogP contribution in [-0.2, 0) is 12.5 Å². The molecular formula is C14H10ClF3O. The smallest absolute Gasteiger partial charge is 0.132 e. The zero-order valence-corrected chi connectivity index (χ0v) is 10.6. The lowest BCUT2D eigenvalue weighted by Crippen LogP contribution is -2.03. The summed E-state index contributed by atoms with van der Waals surface area (Å²) in [6, 6.07) is 7.37. The number of hydrogen-bond donors (Lipinski definition) is 0. The molecule has 19 heavy (non-hydrogen) atoms. The van der Waals surface area contributed by atoms with Gasteiger partial charge in [-0.1, -0.05) is 6.07 Å². The van der Waals surface area contributed by atoms with Crippen molar-refractivity contribution in [2.75, 3.05) is 0 Å². The molecule has 1 nitrogen and oxygen atoms in total. The molecule has 0 amide bonds. The molecule has 0 aromatic heterocycles. The van der Waals surface area contributed by atoms with Gasteiger partial charge in [-0.3, -0.25) is 0 Å². The normalized spacial score (nSPS) is 10.5. The Labute approximate surface area is 113 Å². The summed E-state index contributed by atoms with van der Waals surface area (Å²) >= 11 is 5.65. The fourth-order valence-corrected chi connectivity index (χ4v) is 1.82. The van der Waals surface area contributed by atoms with Crippen molar-refractivity contribution in [1.29, 1.82) is 0 Å². The van der Waals surface area contributed by atoms with Crippen LogP contribution in [0.5, 0.6) is 5.75 Å². The number of hydrogen-bond acceptors (Lipinski definition) is 1. The van der Waals surface area contributed by atoms with Gasteiger partial charge in [0.2, 0.25) is 0 Å². The Morgan fingerprint density at radius 1 is 1.00 bits per heavy atom. The minimum atomic E-state index is -0.686. The number of benzene rings is 2. The van der Waals surface area contributed by atoms with Crippen molar-refractivity contribution in [3.8, 4) is 5.75 Å². The maximum atomic E-state index is 13.4. The summed E-state index contributed by atoms with van der Waals surface area (Å²) in [7, 11) is 0. The Morgan fingerprint density at radius 2 is 1.68 bits per heavy atom. The van der Waals surface area contributed by atoms with Gasteiger partial charge < -0.3 is 4.74 Å². The molecule has 2 aromatic carbocycles. The van der Waals surface area contributed by atoms with Crippen LogP contribution >= 0.6 is 11.6 Å². The Balaban J connectivity index is 2.19. The maximum absolute atomic E-state index is 13.4. The summed E-state index contributed by atoms with van der Waals surface area (Å²) in [6.45, 7) is -0.284. The first-order chi connectivity index (χ1) is 9.11. The van der Waals surface area contributed by atoms with E-state index >= 15 is 0 Å². The van der Waals surface area contributed by atoms with Crippen LogP contribution in [0, 0.1) is 17.5 Å². The molecule has 2 aromatic rings. The van der Waals surface area contributed by atoms with E-state index in [9.17, 15) is 13.2 Å². The van der Waals surface area contributed by atoms with Crippen molar-refractivity contribution in [1.82, 2.24) is 0 Å². The van der Waals surface area contributed by atoms with Gasteiger partial charge in [-0.25, -0.2) is 13.2 Å². The van der Waals surface area contributed by atoms with Gasteiger partial charge in [0.25, 0.3) is 0 Å². The molecule has 2 rings (SSSR count). The molecule has 0 N–H and O–H groups in total. The third-order valence-corrected chi connectivity index (χ3v) is 2.89. The third-order valence-electron chi connectivity index (χ3n) is 2.60. The number of rotatable bonds is 4. The summed E-state index contributed by atoms with van der Waals surface area (Å²) in [5.74, 6) is -1.46. The maximum Gasteiger partial charge on any atom is 0.132 e. The van der Waals surface area contributed by atoms with Crippen molar-refractivity contribution in [3.05, 3.63) is 65.0 Å². The molecule has 0 aliphatic rings. The monoisotopic (exact) mass is 286 g/mol. The lowest BCUT2D eigenvalue weighted by Gasteiger charge is -2.11. The zero-order chi connectivity index (χ0) is 13.8. The summed E-state index contributed by atoms with van der Waals surface area (Å²) in [6.07, 6.45) is 0. The summed E-state index contributed by atoms with van der Waals surface area (Å²) in [5, 5.41) is 0. The van der Waals surface area contributed by atoms with Crippen LogP contribution in [0.3, 0.4) is 0 Å². The Morgan fingerprint density at radius 3 is 2.32 bits per heavy atom. The molecule has 100 valence electrons. The van der Waals surface area contributed by atoms with Gasteiger partial charge >= 0.3 is 0 Å². The van der Waals surface area contributed by atoms with E-state index in [0.29, 0.717) is 11.3 Å². The molecule has 0 atom stereocenters. The fraction of sp³-hybridized carbons (Fsp3) is 0.143. The average molecular weight is 287 g/mol. The highest BCUT2D eigenvalue weighted by molar-refractivity contribution is 6.17. The standard InChI is InChI=1S/C14H10ClF3O/c15-7-9-6-10(16)4-5-14(9)19-8-11-12(17)2-1-3-13(11)18/h1-6H,7-8H2. The molecule has 0 unspecified atom stereocenters. The molecular weight excluding hydrogens is 277 g/mol. The van der Waals surface area contributed by atoms with E-state index in [4.69, 9.17) is 16.3 Å². The van der Waals surface area contributed by atoms with Gasteiger partial charge in [-0.05, 0) is 30.3 Å². The highest BCUT2D eigenvalue weighted by atomic mass is 35.5. The molecule has 0 aliphatic carbocycles. The first-order valence-corrected chi connectivity index (χ1v) is 6.05. The van der Waals surface area contributed by atoms with Gasteiger partial charge in [0.1, 0.15) is 29.8 Å². The Bertz CT molecular complexity index is 567. The summed E-state index contributed by atoms with van der Waals surface area (Å²) in [5.41, 5.74) is 0.255.